The zero-order valence-electron chi connectivity index (χ0n) is 15.7. The quantitative estimate of drug-likeness (QED) is 0.353. The van der Waals surface area contributed by atoms with Crippen LogP contribution in [0.1, 0.15) is 57.9 Å². The van der Waals surface area contributed by atoms with Gasteiger partial charge >= 0.3 is 11.9 Å². The third-order valence-corrected chi connectivity index (χ3v) is 4.79. The number of aryl methyl sites for hydroxylation is 1. The van der Waals surface area contributed by atoms with Gasteiger partial charge in [0, 0.05) is 12.0 Å². The summed E-state index contributed by atoms with van der Waals surface area (Å²) in [6.45, 7) is 3.86. The molecule has 0 saturated heterocycles. The summed E-state index contributed by atoms with van der Waals surface area (Å²) >= 11 is 0. The van der Waals surface area contributed by atoms with Gasteiger partial charge < -0.3 is 9.84 Å². The minimum atomic E-state index is -0.738. The van der Waals surface area contributed by atoms with Crippen LogP contribution in [0.25, 0.3) is 10.8 Å². The van der Waals surface area contributed by atoms with Gasteiger partial charge in [-0.25, -0.2) is 0 Å². The van der Waals surface area contributed by atoms with Crippen LogP contribution in [0, 0.1) is 5.92 Å². The maximum atomic E-state index is 12.2. The first kappa shape index (κ1) is 20.0. The number of esters is 1. The van der Waals surface area contributed by atoms with Crippen molar-refractivity contribution in [1.82, 2.24) is 0 Å². The molecule has 2 rings (SSSR count). The van der Waals surface area contributed by atoms with E-state index in [1.807, 2.05) is 38.1 Å². The van der Waals surface area contributed by atoms with Crippen molar-refractivity contribution in [1.29, 1.82) is 0 Å². The van der Waals surface area contributed by atoms with Gasteiger partial charge in [0.1, 0.15) is 5.75 Å². The number of fused-ring (bicyclic) bond motifs is 1. The van der Waals surface area contributed by atoms with Crippen LogP contribution < -0.4 is 4.74 Å². The van der Waals surface area contributed by atoms with E-state index in [4.69, 9.17) is 9.84 Å². The third kappa shape index (κ3) is 5.58. The second-order valence-electron chi connectivity index (χ2n) is 6.80. The van der Waals surface area contributed by atoms with E-state index in [0.717, 1.165) is 48.4 Å². The number of hydrogen-bond acceptors (Lipinski definition) is 3. The van der Waals surface area contributed by atoms with Gasteiger partial charge in [0.05, 0.1) is 5.92 Å². The molecule has 0 aromatic heterocycles. The largest absolute Gasteiger partial charge is 0.481 e. The lowest BCUT2D eigenvalue weighted by Crippen LogP contribution is -2.17. The highest BCUT2D eigenvalue weighted by Gasteiger charge is 2.16. The predicted octanol–water partition coefficient (Wildman–Crippen LogP) is 5.37. The number of carboxylic acids is 1. The number of carbonyl (C=O) groups is 2. The third-order valence-electron chi connectivity index (χ3n) is 4.79. The van der Waals surface area contributed by atoms with Gasteiger partial charge in [-0.05, 0) is 42.5 Å². The highest BCUT2D eigenvalue weighted by molar-refractivity contribution is 5.89. The molecule has 0 heterocycles. The van der Waals surface area contributed by atoms with E-state index in [2.05, 4.69) is 12.1 Å². The number of ether oxygens (including phenoxy) is 1. The molecule has 4 heteroatoms. The Kier molecular flexibility index (Phi) is 7.64. The minimum absolute atomic E-state index is 0.120. The molecule has 4 nitrogen and oxygen atoms in total. The van der Waals surface area contributed by atoms with Crippen LogP contribution >= 0.6 is 0 Å². The van der Waals surface area contributed by atoms with Crippen molar-refractivity contribution < 1.29 is 19.4 Å². The zero-order chi connectivity index (χ0) is 18.9. The Morgan fingerprint density at radius 3 is 2.50 bits per heavy atom. The smallest absolute Gasteiger partial charge is 0.314 e. The molecule has 0 amide bonds. The Hall–Kier alpha value is -2.36. The summed E-state index contributed by atoms with van der Waals surface area (Å²) in [4.78, 5) is 22.8. The molecule has 0 aliphatic carbocycles. The van der Waals surface area contributed by atoms with E-state index in [9.17, 15) is 9.59 Å². The first-order valence-electron chi connectivity index (χ1n) is 9.47. The summed E-state index contributed by atoms with van der Waals surface area (Å²) in [7, 11) is 0. The van der Waals surface area contributed by atoms with Gasteiger partial charge in [0.15, 0.2) is 0 Å². The van der Waals surface area contributed by atoms with Crippen LogP contribution in [-0.2, 0) is 16.0 Å². The van der Waals surface area contributed by atoms with Gasteiger partial charge in [0.25, 0.3) is 0 Å². The van der Waals surface area contributed by atoms with Crippen LogP contribution in [0.3, 0.4) is 0 Å². The maximum absolute atomic E-state index is 12.2. The lowest BCUT2D eigenvalue weighted by Gasteiger charge is -2.15. The maximum Gasteiger partial charge on any atom is 0.314 e. The highest BCUT2D eigenvalue weighted by Crippen LogP contribution is 2.30. The van der Waals surface area contributed by atoms with Gasteiger partial charge in [-0.1, -0.05) is 57.0 Å². The Bertz CT molecular complexity index is 751. The summed E-state index contributed by atoms with van der Waals surface area (Å²) in [5.74, 6) is -0.395. The fourth-order valence-electron chi connectivity index (χ4n) is 2.98. The zero-order valence-corrected chi connectivity index (χ0v) is 15.7. The molecule has 0 aliphatic rings. The van der Waals surface area contributed by atoms with E-state index >= 15 is 0 Å². The molecule has 0 aliphatic heterocycles. The van der Waals surface area contributed by atoms with E-state index in [1.54, 1.807) is 0 Å². The fourth-order valence-corrected chi connectivity index (χ4v) is 2.98. The van der Waals surface area contributed by atoms with Crippen molar-refractivity contribution in [3.8, 4) is 5.75 Å². The van der Waals surface area contributed by atoms with Crippen LogP contribution in [0.2, 0.25) is 0 Å². The molecule has 2 aromatic rings. The molecule has 0 fully saturated rings. The van der Waals surface area contributed by atoms with Crippen LogP contribution in [0.5, 0.6) is 5.75 Å². The van der Waals surface area contributed by atoms with Crippen LogP contribution in [0.4, 0.5) is 0 Å². The summed E-state index contributed by atoms with van der Waals surface area (Å²) < 4.78 is 5.70. The summed E-state index contributed by atoms with van der Waals surface area (Å²) in [5, 5.41) is 11.0. The average Bonchev–Trinajstić information content (AvgIpc) is 2.64. The normalized spacial score (nSPS) is 12.1. The van der Waals surface area contributed by atoms with Crippen molar-refractivity contribution in [2.75, 3.05) is 0 Å². The molecule has 0 bridgehead atoms. The SMILES string of the molecule is CCC(C)C(=O)Oc1ccc2ccccc2c1CCCCCCC(=O)O. The van der Waals surface area contributed by atoms with E-state index < -0.39 is 5.97 Å². The van der Waals surface area contributed by atoms with Crippen molar-refractivity contribution in [3.63, 3.8) is 0 Å². The summed E-state index contributed by atoms with van der Waals surface area (Å²) in [6.07, 6.45) is 5.32. The van der Waals surface area contributed by atoms with Gasteiger partial charge in [-0.15, -0.1) is 0 Å². The average molecular weight is 356 g/mol. The second-order valence-corrected chi connectivity index (χ2v) is 6.80. The molecule has 1 atom stereocenters. The number of hydrogen-bond donors (Lipinski definition) is 1. The second kappa shape index (κ2) is 9.95. The fraction of sp³-hybridized carbons (Fsp3) is 0.455. The number of rotatable bonds is 10. The number of unbranched alkanes of at least 4 members (excludes halogenated alkanes) is 3. The number of benzene rings is 2. The molecular formula is C22H28O4. The molecule has 1 N–H and O–H groups in total. The predicted molar refractivity (Wildman–Crippen MR) is 103 cm³/mol. The number of aliphatic carboxylic acids is 1. The molecule has 2 aromatic carbocycles. The van der Waals surface area contributed by atoms with Gasteiger partial charge in [0.2, 0.25) is 0 Å². The number of carbonyl (C=O) groups excluding carboxylic acids is 1. The van der Waals surface area contributed by atoms with E-state index in [0.29, 0.717) is 12.2 Å². The lowest BCUT2D eigenvalue weighted by molar-refractivity contribution is -0.138. The van der Waals surface area contributed by atoms with Crippen LogP contribution in [0.15, 0.2) is 36.4 Å². The van der Waals surface area contributed by atoms with E-state index in [-0.39, 0.29) is 18.3 Å². The molecule has 0 saturated carbocycles. The van der Waals surface area contributed by atoms with Crippen molar-refractivity contribution in [3.05, 3.63) is 42.0 Å². The molecule has 0 spiro atoms. The molecule has 140 valence electrons. The van der Waals surface area contributed by atoms with Crippen molar-refractivity contribution >= 4 is 22.7 Å². The minimum Gasteiger partial charge on any atom is -0.481 e. The summed E-state index contributed by atoms with van der Waals surface area (Å²) in [6, 6.07) is 12.0. The van der Waals surface area contributed by atoms with Crippen molar-refractivity contribution in [2.45, 2.75) is 58.8 Å². The molecular weight excluding hydrogens is 328 g/mol. The molecule has 26 heavy (non-hydrogen) atoms. The Labute approximate surface area is 155 Å². The monoisotopic (exact) mass is 356 g/mol. The Morgan fingerprint density at radius 1 is 1.04 bits per heavy atom. The van der Waals surface area contributed by atoms with Crippen molar-refractivity contribution in [2.24, 2.45) is 5.92 Å². The first-order chi connectivity index (χ1) is 12.5. The van der Waals surface area contributed by atoms with Gasteiger partial charge in [-0.3, -0.25) is 9.59 Å². The van der Waals surface area contributed by atoms with Gasteiger partial charge in [-0.2, -0.15) is 0 Å². The number of carboxylic acid groups (broad SMARTS) is 1. The highest BCUT2D eigenvalue weighted by atomic mass is 16.5. The summed E-state index contributed by atoms with van der Waals surface area (Å²) in [5.41, 5.74) is 1.07. The lowest BCUT2D eigenvalue weighted by atomic mass is 9.98. The Balaban J connectivity index is 2.11. The standard InChI is InChI=1S/C22H28O4/c1-3-16(2)22(25)26-20-15-14-17-10-8-9-11-18(17)19(20)12-6-4-5-7-13-21(23)24/h8-11,14-16H,3-7,12-13H2,1-2H3,(H,23,24). The van der Waals surface area contributed by atoms with E-state index in [1.165, 1.54) is 0 Å². The molecule has 0 radical (unpaired) electrons. The molecule has 1 unspecified atom stereocenters. The first-order valence-corrected chi connectivity index (χ1v) is 9.47. The van der Waals surface area contributed by atoms with Crippen LogP contribution in [-0.4, -0.2) is 17.0 Å². The Morgan fingerprint density at radius 2 is 1.77 bits per heavy atom. The topological polar surface area (TPSA) is 63.6 Å².